The fraction of sp³-hybridized carbons (Fsp3) is 0.150. The van der Waals surface area contributed by atoms with Gasteiger partial charge in [0.1, 0.15) is 5.75 Å². The summed E-state index contributed by atoms with van der Waals surface area (Å²) < 4.78 is 6.61. The van der Waals surface area contributed by atoms with E-state index in [9.17, 15) is 9.59 Å². The third-order valence-electron chi connectivity index (χ3n) is 4.13. The summed E-state index contributed by atoms with van der Waals surface area (Å²) in [7, 11) is 1.59. The van der Waals surface area contributed by atoms with Gasteiger partial charge >= 0.3 is 0 Å². The number of aryl methyl sites for hydroxylation is 2. The van der Waals surface area contributed by atoms with Crippen molar-refractivity contribution in [2.24, 2.45) is 0 Å². The monoisotopic (exact) mass is 349 g/mol. The Balaban J connectivity index is 1.90. The van der Waals surface area contributed by atoms with Crippen molar-refractivity contribution in [2.45, 2.75) is 13.8 Å². The van der Waals surface area contributed by atoms with E-state index in [0.29, 0.717) is 17.1 Å². The molecule has 1 heterocycles. The Morgan fingerprint density at radius 2 is 1.77 bits per heavy atom. The van der Waals surface area contributed by atoms with Crippen molar-refractivity contribution >= 4 is 11.6 Å². The van der Waals surface area contributed by atoms with Gasteiger partial charge in [0.2, 0.25) is 5.43 Å². The number of carbonyl (C=O) groups is 1. The molecular weight excluding hydrogens is 330 g/mol. The van der Waals surface area contributed by atoms with Crippen molar-refractivity contribution in [1.29, 1.82) is 0 Å². The second-order valence-corrected chi connectivity index (χ2v) is 5.92. The van der Waals surface area contributed by atoms with Crippen molar-refractivity contribution in [3.05, 3.63) is 81.8 Å². The molecule has 0 fully saturated rings. The largest absolute Gasteiger partial charge is 0.497 e. The summed E-state index contributed by atoms with van der Waals surface area (Å²) in [5, 5.41) is 6.91. The Morgan fingerprint density at radius 1 is 1.04 bits per heavy atom. The maximum absolute atomic E-state index is 12.5. The number of aromatic nitrogens is 2. The minimum Gasteiger partial charge on any atom is -0.497 e. The molecule has 132 valence electrons. The van der Waals surface area contributed by atoms with Gasteiger partial charge in [-0.25, -0.2) is 4.68 Å². The second kappa shape index (κ2) is 7.23. The lowest BCUT2D eigenvalue weighted by Gasteiger charge is -2.09. The van der Waals surface area contributed by atoms with Crippen LogP contribution in [0.4, 0.5) is 5.69 Å². The molecule has 3 rings (SSSR count). The zero-order valence-corrected chi connectivity index (χ0v) is 14.8. The SMILES string of the molecule is COc1ccc(-n2ccc(=O)c(C(=O)Nc3ccc(C)c(C)c3)n2)cc1. The van der Waals surface area contributed by atoms with E-state index in [0.717, 1.165) is 11.1 Å². The van der Waals surface area contributed by atoms with Crippen LogP contribution in [-0.2, 0) is 0 Å². The molecular formula is C20H19N3O3. The smallest absolute Gasteiger partial charge is 0.280 e. The van der Waals surface area contributed by atoms with Crippen molar-refractivity contribution in [3.63, 3.8) is 0 Å². The van der Waals surface area contributed by atoms with Crippen LogP contribution in [0.2, 0.25) is 0 Å². The van der Waals surface area contributed by atoms with Gasteiger partial charge in [-0.1, -0.05) is 6.07 Å². The van der Waals surface area contributed by atoms with Crippen molar-refractivity contribution in [3.8, 4) is 11.4 Å². The standard InChI is InChI=1S/C20H19N3O3/c1-13-4-5-15(12-14(13)2)21-20(25)19-18(24)10-11-23(22-19)16-6-8-17(26-3)9-7-16/h4-12H,1-3H3,(H,21,25). The first kappa shape index (κ1) is 17.4. The van der Waals surface area contributed by atoms with Crippen LogP contribution in [0.15, 0.2) is 59.5 Å². The molecule has 0 atom stereocenters. The topological polar surface area (TPSA) is 73.2 Å². The van der Waals surface area contributed by atoms with Crippen molar-refractivity contribution in [1.82, 2.24) is 9.78 Å². The molecule has 6 nitrogen and oxygen atoms in total. The summed E-state index contributed by atoms with van der Waals surface area (Å²) >= 11 is 0. The zero-order valence-electron chi connectivity index (χ0n) is 14.8. The third kappa shape index (κ3) is 3.64. The van der Waals surface area contributed by atoms with Crippen LogP contribution in [0, 0.1) is 13.8 Å². The predicted octanol–water partition coefficient (Wildman–Crippen LogP) is 3.11. The molecule has 0 spiro atoms. The van der Waals surface area contributed by atoms with Crippen LogP contribution >= 0.6 is 0 Å². The number of anilines is 1. The number of amides is 1. The predicted molar refractivity (Wildman–Crippen MR) is 100 cm³/mol. The molecule has 1 aromatic heterocycles. The second-order valence-electron chi connectivity index (χ2n) is 5.92. The Bertz CT molecular complexity index is 1010. The first-order valence-electron chi connectivity index (χ1n) is 8.11. The van der Waals surface area contributed by atoms with Gasteiger partial charge in [0, 0.05) is 18.0 Å². The van der Waals surface area contributed by atoms with E-state index in [2.05, 4.69) is 10.4 Å². The highest BCUT2D eigenvalue weighted by atomic mass is 16.5. The first-order valence-corrected chi connectivity index (χ1v) is 8.11. The molecule has 2 aromatic carbocycles. The van der Waals surface area contributed by atoms with Gasteiger partial charge in [-0.3, -0.25) is 9.59 Å². The van der Waals surface area contributed by atoms with E-state index in [4.69, 9.17) is 4.74 Å². The van der Waals surface area contributed by atoms with Crippen LogP contribution < -0.4 is 15.5 Å². The Hall–Kier alpha value is -3.41. The maximum atomic E-state index is 12.5. The molecule has 6 heteroatoms. The maximum Gasteiger partial charge on any atom is 0.280 e. The van der Waals surface area contributed by atoms with Crippen molar-refractivity contribution < 1.29 is 9.53 Å². The molecule has 0 radical (unpaired) electrons. The average molecular weight is 349 g/mol. The van der Waals surface area contributed by atoms with Crippen LogP contribution in [0.25, 0.3) is 5.69 Å². The van der Waals surface area contributed by atoms with Crippen LogP contribution in [0.3, 0.4) is 0 Å². The molecule has 0 aliphatic rings. The average Bonchev–Trinajstić information content (AvgIpc) is 2.65. The first-order chi connectivity index (χ1) is 12.5. The van der Waals surface area contributed by atoms with E-state index in [-0.39, 0.29) is 5.69 Å². The Labute approximate surface area is 151 Å². The number of benzene rings is 2. The molecule has 0 unspecified atom stereocenters. The highest BCUT2D eigenvalue weighted by molar-refractivity contribution is 6.02. The summed E-state index contributed by atoms with van der Waals surface area (Å²) in [6.45, 7) is 3.95. The molecule has 0 aliphatic carbocycles. The van der Waals surface area contributed by atoms with Gasteiger partial charge in [0.15, 0.2) is 5.69 Å². The third-order valence-corrected chi connectivity index (χ3v) is 4.13. The fourth-order valence-electron chi connectivity index (χ4n) is 2.45. The molecule has 1 amide bonds. The van der Waals surface area contributed by atoms with Gasteiger partial charge in [-0.2, -0.15) is 5.10 Å². The van der Waals surface area contributed by atoms with E-state index >= 15 is 0 Å². The number of methoxy groups -OCH3 is 1. The van der Waals surface area contributed by atoms with Gasteiger partial charge < -0.3 is 10.1 Å². The Kier molecular flexibility index (Phi) is 4.84. The highest BCUT2D eigenvalue weighted by Crippen LogP contribution is 2.15. The minimum atomic E-state index is -0.541. The number of nitrogens with zero attached hydrogens (tertiary/aromatic N) is 2. The van der Waals surface area contributed by atoms with Gasteiger partial charge in [0.05, 0.1) is 12.8 Å². The van der Waals surface area contributed by atoms with Gasteiger partial charge in [-0.15, -0.1) is 0 Å². The van der Waals surface area contributed by atoms with E-state index in [1.165, 1.54) is 16.9 Å². The summed E-state index contributed by atoms with van der Waals surface area (Å²) in [5.41, 5.74) is 2.92. The molecule has 0 saturated carbocycles. The number of hydrogen-bond acceptors (Lipinski definition) is 4. The molecule has 26 heavy (non-hydrogen) atoms. The van der Waals surface area contributed by atoms with E-state index in [1.54, 1.807) is 37.4 Å². The van der Waals surface area contributed by atoms with Crippen LogP contribution in [0.5, 0.6) is 5.75 Å². The number of hydrogen-bond donors (Lipinski definition) is 1. The molecule has 0 bridgehead atoms. The minimum absolute atomic E-state index is 0.165. The van der Waals surface area contributed by atoms with Crippen molar-refractivity contribution in [2.75, 3.05) is 12.4 Å². The van der Waals surface area contributed by atoms with Crippen LogP contribution in [0.1, 0.15) is 21.6 Å². The lowest BCUT2D eigenvalue weighted by atomic mass is 10.1. The lowest BCUT2D eigenvalue weighted by molar-refractivity contribution is 0.101. The van der Waals surface area contributed by atoms with Gasteiger partial charge in [0.25, 0.3) is 5.91 Å². The summed E-state index contributed by atoms with van der Waals surface area (Å²) in [5.74, 6) is 0.170. The zero-order chi connectivity index (χ0) is 18.7. The highest BCUT2D eigenvalue weighted by Gasteiger charge is 2.14. The number of nitrogens with one attached hydrogen (secondary N) is 1. The quantitative estimate of drug-likeness (QED) is 0.785. The number of carbonyl (C=O) groups excluding carboxylic acids is 1. The lowest BCUT2D eigenvalue weighted by Crippen LogP contribution is -2.25. The summed E-state index contributed by atoms with van der Waals surface area (Å²) in [6, 6.07) is 14.0. The van der Waals surface area contributed by atoms with Crippen LogP contribution in [-0.4, -0.2) is 22.8 Å². The van der Waals surface area contributed by atoms with E-state index < -0.39 is 11.3 Å². The summed E-state index contributed by atoms with van der Waals surface area (Å²) in [6.07, 6.45) is 1.52. The van der Waals surface area contributed by atoms with E-state index in [1.807, 2.05) is 26.0 Å². The Morgan fingerprint density at radius 3 is 2.42 bits per heavy atom. The number of ether oxygens (including phenoxy) is 1. The molecule has 1 N–H and O–H groups in total. The number of rotatable bonds is 4. The molecule has 3 aromatic rings. The van der Waals surface area contributed by atoms with Gasteiger partial charge in [-0.05, 0) is 61.4 Å². The molecule has 0 aliphatic heterocycles. The fourth-order valence-corrected chi connectivity index (χ4v) is 2.45. The molecule has 0 saturated heterocycles. The summed E-state index contributed by atoms with van der Waals surface area (Å²) in [4.78, 5) is 24.6. The normalized spacial score (nSPS) is 10.4.